The Bertz CT molecular complexity index is 292. The molecule has 2 heteroatoms. The van der Waals surface area contributed by atoms with Crippen molar-refractivity contribution in [2.75, 3.05) is 0 Å². The van der Waals surface area contributed by atoms with E-state index in [-0.39, 0.29) is 5.82 Å². The molecule has 0 saturated carbocycles. The van der Waals surface area contributed by atoms with Gasteiger partial charge in [0.25, 0.3) is 0 Å². The number of carbonyl (C=O) groups is 1. The number of allylic oxidation sites excluding steroid dienone is 1. The summed E-state index contributed by atoms with van der Waals surface area (Å²) >= 11 is 0. The van der Waals surface area contributed by atoms with Crippen molar-refractivity contribution in [3.63, 3.8) is 0 Å². The number of hydrogen-bond donors (Lipinski definition) is 0. The Balaban J connectivity index is 2.69. The normalized spacial score (nSPS) is 10.4. The SMILES string of the molecule is O=CC/C=C/c1cccc(F)c1. The molecule has 0 radical (unpaired) electrons. The van der Waals surface area contributed by atoms with E-state index in [1.165, 1.54) is 12.1 Å². The molecule has 0 bridgehead atoms. The zero-order valence-electron chi connectivity index (χ0n) is 6.53. The Hall–Kier alpha value is -1.44. The van der Waals surface area contributed by atoms with E-state index in [0.29, 0.717) is 6.42 Å². The van der Waals surface area contributed by atoms with E-state index in [1.54, 1.807) is 24.3 Å². The second-order valence-corrected chi connectivity index (χ2v) is 2.36. The molecule has 1 aromatic rings. The van der Waals surface area contributed by atoms with Gasteiger partial charge in [-0.2, -0.15) is 0 Å². The molecule has 0 fully saturated rings. The highest BCUT2D eigenvalue weighted by atomic mass is 19.1. The molecule has 62 valence electrons. The number of benzene rings is 1. The minimum atomic E-state index is -0.261. The van der Waals surface area contributed by atoms with Gasteiger partial charge in [-0.15, -0.1) is 0 Å². The van der Waals surface area contributed by atoms with Crippen LogP contribution in [0.25, 0.3) is 6.08 Å². The number of halogens is 1. The van der Waals surface area contributed by atoms with Gasteiger partial charge in [0.05, 0.1) is 0 Å². The van der Waals surface area contributed by atoms with E-state index in [0.717, 1.165) is 11.8 Å². The van der Waals surface area contributed by atoms with Crippen molar-refractivity contribution in [2.24, 2.45) is 0 Å². The summed E-state index contributed by atoms with van der Waals surface area (Å²) in [6.07, 6.45) is 4.59. The van der Waals surface area contributed by atoms with Crippen LogP contribution in [0.4, 0.5) is 4.39 Å². The molecule has 0 saturated heterocycles. The molecule has 0 aromatic heterocycles. The van der Waals surface area contributed by atoms with Crippen LogP contribution in [0.1, 0.15) is 12.0 Å². The lowest BCUT2D eigenvalue weighted by atomic mass is 10.2. The van der Waals surface area contributed by atoms with E-state index < -0.39 is 0 Å². The van der Waals surface area contributed by atoms with Gasteiger partial charge in [0, 0.05) is 6.42 Å². The number of hydrogen-bond acceptors (Lipinski definition) is 1. The van der Waals surface area contributed by atoms with E-state index in [2.05, 4.69) is 0 Å². The lowest BCUT2D eigenvalue weighted by Gasteiger charge is -1.91. The molecule has 0 unspecified atom stereocenters. The Morgan fingerprint density at radius 2 is 2.25 bits per heavy atom. The second kappa shape index (κ2) is 4.44. The molecule has 1 nitrogen and oxygen atoms in total. The third kappa shape index (κ3) is 2.66. The predicted octanol–water partition coefficient (Wildman–Crippen LogP) is 2.43. The van der Waals surface area contributed by atoms with Crippen LogP contribution < -0.4 is 0 Å². The highest BCUT2D eigenvalue weighted by Gasteiger charge is 1.88. The standard InChI is InChI=1S/C10H9FO/c11-10-6-3-5-9(8-10)4-1-2-7-12/h1,3-8H,2H2/b4-1+. The molecule has 1 rings (SSSR count). The number of rotatable bonds is 3. The average Bonchev–Trinajstić information content (AvgIpc) is 2.05. The summed E-state index contributed by atoms with van der Waals surface area (Å²) in [5.74, 6) is -0.261. The third-order valence-electron chi connectivity index (χ3n) is 1.39. The van der Waals surface area contributed by atoms with E-state index in [4.69, 9.17) is 0 Å². The quantitative estimate of drug-likeness (QED) is 0.627. The largest absolute Gasteiger partial charge is 0.303 e. The minimum absolute atomic E-state index is 0.261. The van der Waals surface area contributed by atoms with Crippen molar-refractivity contribution in [1.82, 2.24) is 0 Å². The van der Waals surface area contributed by atoms with E-state index >= 15 is 0 Å². The van der Waals surface area contributed by atoms with E-state index in [1.807, 2.05) is 0 Å². The van der Waals surface area contributed by atoms with Crippen LogP contribution >= 0.6 is 0 Å². The summed E-state index contributed by atoms with van der Waals surface area (Å²) < 4.78 is 12.6. The van der Waals surface area contributed by atoms with Gasteiger partial charge in [0.2, 0.25) is 0 Å². The molecule has 0 aliphatic heterocycles. The fourth-order valence-corrected chi connectivity index (χ4v) is 0.870. The molecule has 0 aliphatic carbocycles. The van der Waals surface area contributed by atoms with Crippen LogP contribution in [-0.2, 0) is 4.79 Å². The summed E-state index contributed by atoms with van der Waals surface area (Å²) in [5.41, 5.74) is 0.775. The van der Waals surface area contributed by atoms with Crippen LogP contribution in [0.15, 0.2) is 30.3 Å². The third-order valence-corrected chi connectivity index (χ3v) is 1.39. The van der Waals surface area contributed by atoms with Crippen molar-refractivity contribution in [3.8, 4) is 0 Å². The molecule has 1 aromatic carbocycles. The van der Waals surface area contributed by atoms with Gasteiger partial charge < -0.3 is 4.79 Å². The van der Waals surface area contributed by atoms with Gasteiger partial charge in [-0.1, -0.05) is 24.3 Å². The maximum Gasteiger partial charge on any atom is 0.123 e. The highest BCUT2D eigenvalue weighted by Crippen LogP contribution is 2.05. The van der Waals surface area contributed by atoms with Gasteiger partial charge in [-0.3, -0.25) is 0 Å². The van der Waals surface area contributed by atoms with Gasteiger partial charge >= 0.3 is 0 Å². The average molecular weight is 164 g/mol. The topological polar surface area (TPSA) is 17.1 Å². The second-order valence-electron chi connectivity index (χ2n) is 2.36. The lowest BCUT2D eigenvalue weighted by molar-refractivity contribution is -0.107. The Kier molecular flexibility index (Phi) is 3.20. The first-order valence-corrected chi connectivity index (χ1v) is 3.68. The fraction of sp³-hybridized carbons (Fsp3) is 0.100. The monoisotopic (exact) mass is 164 g/mol. The van der Waals surface area contributed by atoms with Gasteiger partial charge in [-0.25, -0.2) is 4.39 Å². The zero-order valence-corrected chi connectivity index (χ0v) is 6.53. The number of carbonyl (C=O) groups excluding carboxylic acids is 1. The van der Waals surface area contributed by atoms with Crippen LogP contribution in [0.5, 0.6) is 0 Å². The summed E-state index contributed by atoms with van der Waals surface area (Å²) in [6, 6.07) is 6.22. The zero-order chi connectivity index (χ0) is 8.81. The van der Waals surface area contributed by atoms with Gasteiger partial charge in [0.1, 0.15) is 12.1 Å². The Morgan fingerprint density at radius 3 is 2.92 bits per heavy atom. The number of aldehydes is 1. The highest BCUT2D eigenvalue weighted by molar-refractivity contribution is 5.57. The summed E-state index contributed by atoms with van der Waals surface area (Å²) in [5, 5.41) is 0. The summed E-state index contributed by atoms with van der Waals surface area (Å²) in [6.45, 7) is 0. The molecule has 0 aliphatic rings. The lowest BCUT2D eigenvalue weighted by Crippen LogP contribution is -1.75. The van der Waals surface area contributed by atoms with Crippen molar-refractivity contribution in [3.05, 3.63) is 41.7 Å². The molecule has 0 heterocycles. The molecular formula is C10H9FO. The van der Waals surface area contributed by atoms with Crippen LogP contribution in [0, 0.1) is 5.82 Å². The molecule has 0 N–H and O–H groups in total. The maximum atomic E-state index is 12.6. The van der Waals surface area contributed by atoms with E-state index in [9.17, 15) is 9.18 Å². The first-order chi connectivity index (χ1) is 5.83. The molecule has 0 amide bonds. The van der Waals surface area contributed by atoms with Gasteiger partial charge in [0.15, 0.2) is 0 Å². The fourth-order valence-electron chi connectivity index (χ4n) is 0.870. The molecule has 0 spiro atoms. The first-order valence-electron chi connectivity index (χ1n) is 3.68. The van der Waals surface area contributed by atoms with Crippen molar-refractivity contribution >= 4 is 12.4 Å². The summed E-state index contributed by atoms with van der Waals surface area (Å²) in [7, 11) is 0. The first kappa shape index (κ1) is 8.65. The molecule has 0 atom stereocenters. The smallest absolute Gasteiger partial charge is 0.123 e. The van der Waals surface area contributed by atoms with Crippen LogP contribution in [0.3, 0.4) is 0 Å². The minimum Gasteiger partial charge on any atom is -0.303 e. The van der Waals surface area contributed by atoms with Crippen molar-refractivity contribution < 1.29 is 9.18 Å². The molecular weight excluding hydrogens is 155 g/mol. The maximum absolute atomic E-state index is 12.6. The van der Waals surface area contributed by atoms with Crippen LogP contribution in [-0.4, -0.2) is 6.29 Å². The van der Waals surface area contributed by atoms with Gasteiger partial charge in [-0.05, 0) is 17.7 Å². The summed E-state index contributed by atoms with van der Waals surface area (Å²) in [4.78, 5) is 9.94. The van der Waals surface area contributed by atoms with Crippen molar-refractivity contribution in [1.29, 1.82) is 0 Å². The van der Waals surface area contributed by atoms with Crippen molar-refractivity contribution in [2.45, 2.75) is 6.42 Å². The predicted molar refractivity (Wildman–Crippen MR) is 46.1 cm³/mol. The Morgan fingerprint density at radius 1 is 1.42 bits per heavy atom. The molecule has 12 heavy (non-hydrogen) atoms. The Labute approximate surface area is 70.5 Å². The van der Waals surface area contributed by atoms with Crippen LogP contribution in [0.2, 0.25) is 0 Å².